The van der Waals surface area contributed by atoms with Gasteiger partial charge in [0.15, 0.2) is 5.16 Å². The molecule has 1 fully saturated rings. The van der Waals surface area contributed by atoms with Crippen LogP contribution in [0.25, 0.3) is 0 Å². The molecule has 0 atom stereocenters. The summed E-state index contributed by atoms with van der Waals surface area (Å²) in [7, 11) is 0. The van der Waals surface area contributed by atoms with E-state index in [2.05, 4.69) is 21.3 Å². The molecule has 1 aliphatic carbocycles. The molecule has 0 unspecified atom stereocenters. The maximum Gasteiger partial charge on any atom is 0.191 e. The maximum absolute atomic E-state index is 6.08. The minimum absolute atomic E-state index is 0.543. The van der Waals surface area contributed by atoms with Crippen LogP contribution in [0.4, 0.5) is 0 Å². The minimum atomic E-state index is 0.543. The van der Waals surface area contributed by atoms with E-state index in [1.165, 1.54) is 25.7 Å². The molecule has 1 saturated carbocycles. The van der Waals surface area contributed by atoms with Gasteiger partial charge in [-0.25, -0.2) is 0 Å². The lowest BCUT2D eigenvalue weighted by atomic mass is 10.1. The fourth-order valence-electron chi connectivity index (χ4n) is 2.97. The Morgan fingerprint density at radius 2 is 2.00 bits per heavy atom. The number of nitrogens with zero attached hydrogens (tertiary/aromatic N) is 3. The first kappa shape index (κ1) is 16.9. The summed E-state index contributed by atoms with van der Waals surface area (Å²) < 4.78 is 2.20. The van der Waals surface area contributed by atoms with Crippen LogP contribution in [0.1, 0.15) is 43.0 Å². The Balaban J connectivity index is 1.76. The molecule has 1 aromatic heterocycles. The predicted molar refractivity (Wildman–Crippen MR) is 97.5 cm³/mol. The monoisotopic (exact) mass is 367 g/mol. The van der Waals surface area contributed by atoms with Crippen LogP contribution in [-0.2, 0) is 12.3 Å². The van der Waals surface area contributed by atoms with Crippen molar-refractivity contribution in [3.63, 3.8) is 0 Å². The second-order valence-corrected chi connectivity index (χ2v) is 7.52. The van der Waals surface area contributed by atoms with Crippen molar-refractivity contribution in [2.24, 2.45) is 0 Å². The normalized spacial score (nSPS) is 15.2. The second kappa shape index (κ2) is 7.73. The van der Waals surface area contributed by atoms with E-state index in [1.54, 1.807) is 11.8 Å². The second-order valence-electron chi connectivity index (χ2n) is 5.76. The van der Waals surface area contributed by atoms with Gasteiger partial charge in [-0.15, -0.1) is 16.8 Å². The summed E-state index contributed by atoms with van der Waals surface area (Å²) in [4.78, 5) is 0. The average Bonchev–Trinajstić information content (AvgIpc) is 3.18. The maximum atomic E-state index is 6.08. The van der Waals surface area contributed by atoms with E-state index in [4.69, 9.17) is 23.2 Å². The van der Waals surface area contributed by atoms with Crippen LogP contribution in [0.2, 0.25) is 10.0 Å². The number of hydrogen-bond acceptors (Lipinski definition) is 3. The lowest BCUT2D eigenvalue weighted by Gasteiger charge is -2.12. The van der Waals surface area contributed by atoms with Crippen molar-refractivity contribution in [1.82, 2.24) is 14.8 Å². The molecule has 1 aliphatic rings. The summed E-state index contributed by atoms with van der Waals surface area (Å²) in [6.45, 7) is 4.62. The summed E-state index contributed by atoms with van der Waals surface area (Å²) in [6.07, 6.45) is 6.92. The van der Waals surface area contributed by atoms with Crippen LogP contribution in [0.15, 0.2) is 36.0 Å². The zero-order valence-corrected chi connectivity index (χ0v) is 15.2. The predicted octanol–water partition coefficient (Wildman–Crippen LogP) is 5.72. The van der Waals surface area contributed by atoms with Gasteiger partial charge in [0.2, 0.25) is 0 Å². The number of allylic oxidation sites excluding steroid dienone is 1. The quantitative estimate of drug-likeness (QED) is 0.483. The summed E-state index contributed by atoms with van der Waals surface area (Å²) in [5.74, 6) is 2.44. The molecule has 3 rings (SSSR count). The lowest BCUT2D eigenvalue weighted by Crippen LogP contribution is -2.07. The van der Waals surface area contributed by atoms with E-state index in [9.17, 15) is 0 Å². The van der Waals surface area contributed by atoms with Gasteiger partial charge < -0.3 is 4.57 Å². The minimum Gasteiger partial charge on any atom is -0.302 e. The van der Waals surface area contributed by atoms with Crippen LogP contribution < -0.4 is 0 Å². The first-order valence-corrected chi connectivity index (χ1v) is 9.54. The third-order valence-electron chi connectivity index (χ3n) is 4.13. The van der Waals surface area contributed by atoms with E-state index < -0.39 is 0 Å². The fourth-order valence-corrected chi connectivity index (χ4v) is 4.19. The molecular formula is C17H19Cl2N3S. The third kappa shape index (κ3) is 3.93. The standard InChI is InChI=1S/C17H19Cl2N3S/c1-2-9-22-16(13-5-3-4-6-13)20-21-17(22)23-11-12-7-8-14(18)15(19)10-12/h2,7-8,10,13H,1,3-6,9,11H2. The molecular weight excluding hydrogens is 349 g/mol. The molecule has 0 bridgehead atoms. The molecule has 3 nitrogen and oxygen atoms in total. The van der Waals surface area contributed by atoms with Crippen molar-refractivity contribution in [2.75, 3.05) is 0 Å². The highest BCUT2D eigenvalue weighted by molar-refractivity contribution is 7.98. The van der Waals surface area contributed by atoms with Crippen molar-refractivity contribution in [3.05, 3.63) is 52.3 Å². The van der Waals surface area contributed by atoms with Crippen molar-refractivity contribution < 1.29 is 0 Å². The molecule has 0 amide bonds. The Bertz CT molecular complexity index is 693. The number of halogens is 2. The Morgan fingerprint density at radius 3 is 2.70 bits per heavy atom. The van der Waals surface area contributed by atoms with Crippen molar-refractivity contribution >= 4 is 35.0 Å². The zero-order valence-electron chi connectivity index (χ0n) is 12.8. The molecule has 23 heavy (non-hydrogen) atoms. The van der Waals surface area contributed by atoms with E-state index in [1.807, 2.05) is 24.3 Å². The molecule has 0 aliphatic heterocycles. The largest absolute Gasteiger partial charge is 0.302 e. The topological polar surface area (TPSA) is 30.7 Å². The van der Waals surface area contributed by atoms with Crippen molar-refractivity contribution in [3.8, 4) is 0 Å². The number of rotatable bonds is 6. The van der Waals surface area contributed by atoms with Gasteiger partial charge in [-0.1, -0.05) is 59.9 Å². The highest BCUT2D eigenvalue weighted by Crippen LogP contribution is 2.35. The molecule has 0 N–H and O–H groups in total. The van der Waals surface area contributed by atoms with E-state index >= 15 is 0 Å². The average molecular weight is 368 g/mol. The highest BCUT2D eigenvalue weighted by Gasteiger charge is 2.24. The van der Waals surface area contributed by atoms with Gasteiger partial charge in [0.25, 0.3) is 0 Å². The van der Waals surface area contributed by atoms with Crippen LogP contribution in [0.3, 0.4) is 0 Å². The van der Waals surface area contributed by atoms with Gasteiger partial charge in [0.05, 0.1) is 10.0 Å². The summed E-state index contributed by atoms with van der Waals surface area (Å²) in [5, 5.41) is 11.0. The third-order valence-corrected chi connectivity index (χ3v) is 5.91. The molecule has 122 valence electrons. The van der Waals surface area contributed by atoms with Gasteiger partial charge in [-0.2, -0.15) is 0 Å². The van der Waals surface area contributed by atoms with Crippen LogP contribution in [-0.4, -0.2) is 14.8 Å². The zero-order chi connectivity index (χ0) is 16.2. The summed E-state index contributed by atoms with van der Waals surface area (Å²) >= 11 is 13.7. The molecule has 0 saturated heterocycles. The van der Waals surface area contributed by atoms with E-state index in [0.29, 0.717) is 16.0 Å². The van der Waals surface area contributed by atoms with Crippen LogP contribution >= 0.6 is 35.0 Å². The first-order valence-electron chi connectivity index (χ1n) is 7.79. The Kier molecular flexibility index (Phi) is 5.67. The molecule has 6 heteroatoms. The smallest absolute Gasteiger partial charge is 0.191 e. The number of benzene rings is 1. The van der Waals surface area contributed by atoms with Gasteiger partial charge >= 0.3 is 0 Å². The van der Waals surface area contributed by atoms with Crippen molar-refractivity contribution in [1.29, 1.82) is 0 Å². The molecule has 1 aromatic carbocycles. The summed E-state index contributed by atoms with van der Waals surface area (Å²) in [6, 6.07) is 5.73. The molecule has 0 spiro atoms. The van der Waals surface area contributed by atoms with E-state index in [-0.39, 0.29) is 0 Å². The van der Waals surface area contributed by atoms with E-state index in [0.717, 1.165) is 28.8 Å². The lowest BCUT2D eigenvalue weighted by molar-refractivity contribution is 0.594. The van der Waals surface area contributed by atoms with Gasteiger partial charge in [-0.3, -0.25) is 0 Å². The molecule has 0 radical (unpaired) electrons. The molecule has 1 heterocycles. The highest BCUT2D eigenvalue weighted by atomic mass is 35.5. The van der Waals surface area contributed by atoms with Gasteiger partial charge in [0.1, 0.15) is 5.82 Å². The van der Waals surface area contributed by atoms with Crippen LogP contribution in [0, 0.1) is 0 Å². The number of aromatic nitrogens is 3. The van der Waals surface area contributed by atoms with Crippen LogP contribution in [0.5, 0.6) is 0 Å². The summed E-state index contributed by atoms with van der Waals surface area (Å²) in [5.41, 5.74) is 1.12. The van der Waals surface area contributed by atoms with Crippen molar-refractivity contribution in [2.45, 2.75) is 49.1 Å². The SMILES string of the molecule is C=CCn1c(SCc2ccc(Cl)c(Cl)c2)nnc1C1CCCC1. The Morgan fingerprint density at radius 1 is 1.22 bits per heavy atom. The Hall–Kier alpha value is -0.970. The molecule has 2 aromatic rings. The van der Waals surface area contributed by atoms with Gasteiger partial charge in [-0.05, 0) is 30.5 Å². The number of thioether (sulfide) groups is 1. The first-order chi connectivity index (χ1) is 11.2. The number of hydrogen-bond donors (Lipinski definition) is 0. The Labute approximate surface area is 151 Å². The van der Waals surface area contributed by atoms with Gasteiger partial charge in [0, 0.05) is 18.2 Å². The fraction of sp³-hybridized carbons (Fsp3) is 0.412.